The molecule has 26 heavy (non-hydrogen) atoms. The predicted molar refractivity (Wildman–Crippen MR) is 105 cm³/mol. The summed E-state index contributed by atoms with van der Waals surface area (Å²) < 4.78 is 1.40. The average molecular weight is 367 g/mol. The van der Waals surface area contributed by atoms with Crippen molar-refractivity contribution in [3.63, 3.8) is 0 Å². The molecule has 0 amide bonds. The fourth-order valence-corrected chi connectivity index (χ4v) is 4.08. The number of aromatic nitrogens is 4. The van der Waals surface area contributed by atoms with Crippen LogP contribution < -0.4 is 5.56 Å². The van der Waals surface area contributed by atoms with Gasteiger partial charge in [0.2, 0.25) is 4.96 Å². The van der Waals surface area contributed by atoms with Gasteiger partial charge < -0.3 is 4.98 Å². The van der Waals surface area contributed by atoms with Crippen molar-refractivity contribution >= 4 is 27.2 Å². The molecule has 1 aromatic carbocycles. The first-order valence-electron chi connectivity index (χ1n) is 8.68. The molecule has 0 aliphatic heterocycles. The first kappa shape index (κ1) is 16.9. The summed E-state index contributed by atoms with van der Waals surface area (Å²) in [6.45, 7) is 5.55. The van der Waals surface area contributed by atoms with Crippen LogP contribution in [-0.2, 0) is 19.5 Å². The van der Waals surface area contributed by atoms with Crippen LogP contribution in [0, 0.1) is 6.92 Å². The summed E-state index contributed by atoms with van der Waals surface area (Å²) >= 11 is 1.48. The molecule has 134 valence electrons. The van der Waals surface area contributed by atoms with Crippen LogP contribution in [0.1, 0.15) is 28.9 Å². The molecule has 6 nitrogen and oxygen atoms in total. The van der Waals surface area contributed by atoms with E-state index in [-0.39, 0.29) is 5.56 Å². The lowest BCUT2D eigenvalue weighted by Gasteiger charge is -2.15. The Morgan fingerprint density at radius 3 is 2.85 bits per heavy atom. The summed E-state index contributed by atoms with van der Waals surface area (Å²) in [6.07, 6.45) is 0.808. The fraction of sp³-hybridized carbons (Fsp3) is 0.316. The second-order valence-electron chi connectivity index (χ2n) is 6.58. The first-order chi connectivity index (χ1) is 12.5. The summed E-state index contributed by atoms with van der Waals surface area (Å²) in [7, 11) is 2.04. The molecule has 4 rings (SSSR count). The summed E-state index contributed by atoms with van der Waals surface area (Å²) in [6, 6.07) is 9.91. The minimum Gasteiger partial charge on any atom is -0.357 e. The van der Waals surface area contributed by atoms with Crippen LogP contribution in [0.25, 0.3) is 15.9 Å². The van der Waals surface area contributed by atoms with Crippen molar-refractivity contribution in [2.45, 2.75) is 33.4 Å². The smallest absolute Gasteiger partial charge is 0.275 e. The van der Waals surface area contributed by atoms with Gasteiger partial charge in [0.1, 0.15) is 5.01 Å². The molecule has 0 atom stereocenters. The van der Waals surface area contributed by atoms with Gasteiger partial charge in [-0.15, -0.1) is 0 Å². The van der Waals surface area contributed by atoms with E-state index in [2.05, 4.69) is 45.1 Å². The largest absolute Gasteiger partial charge is 0.357 e. The number of rotatable bonds is 5. The van der Waals surface area contributed by atoms with Gasteiger partial charge in [-0.2, -0.15) is 9.61 Å². The minimum absolute atomic E-state index is 0.115. The van der Waals surface area contributed by atoms with E-state index in [1.165, 1.54) is 32.5 Å². The molecule has 0 bridgehead atoms. The number of nitrogens with one attached hydrogen (secondary N) is 1. The lowest BCUT2D eigenvalue weighted by molar-refractivity contribution is 0.311. The number of hydrogen-bond acceptors (Lipinski definition) is 5. The van der Waals surface area contributed by atoms with Gasteiger partial charge in [-0.1, -0.05) is 36.5 Å². The zero-order valence-corrected chi connectivity index (χ0v) is 15.9. The summed E-state index contributed by atoms with van der Waals surface area (Å²) in [5.74, 6) is 0. The Hall–Kier alpha value is -2.51. The maximum atomic E-state index is 12.3. The Kier molecular flexibility index (Phi) is 4.34. The molecule has 0 saturated carbocycles. The zero-order chi connectivity index (χ0) is 18.3. The first-order valence-corrected chi connectivity index (χ1v) is 9.50. The van der Waals surface area contributed by atoms with E-state index >= 15 is 0 Å². The molecular formula is C19H21N5OS. The molecule has 0 fully saturated rings. The van der Waals surface area contributed by atoms with Crippen molar-refractivity contribution in [3.8, 4) is 0 Å². The van der Waals surface area contributed by atoms with Gasteiger partial charge >= 0.3 is 0 Å². The van der Waals surface area contributed by atoms with E-state index in [0.29, 0.717) is 11.5 Å². The standard InChI is InChI=1S/C19H21N5OS/c1-4-17-22-24-18(25)9-13(20-19(24)26-17)10-23(3)11-16-12(2)14-7-5-6-8-15(14)21-16/h5-9,21H,4,10-11H2,1-3H3. The summed E-state index contributed by atoms with van der Waals surface area (Å²) in [4.78, 5) is 23.2. The third-order valence-electron chi connectivity index (χ3n) is 4.57. The molecule has 4 aromatic rings. The normalized spacial score (nSPS) is 11.8. The number of nitrogens with zero attached hydrogens (tertiary/aromatic N) is 4. The second kappa shape index (κ2) is 6.66. The van der Waals surface area contributed by atoms with Crippen molar-refractivity contribution in [2.75, 3.05) is 7.05 Å². The molecular weight excluding hydrogens is 346 g/mol. The molecule has 7 heteroatoms. The van der Waals surface area contributed by atoms with Gasteiger partial charge in [-0.3, -0.25) is 9.69 Å². The fourth-order valence-electron chi connectivity index (χ4n) is 3.22. The lowest BCUT2D eigenvalue weighted by atomic mass is 10.1. The molecule has 0 spiro atoms. The molecule has 0 radical (unpaired) electrons. The van der Waals surface area contributed by atoms with Crippen molar-refractivity contribution in [3.05, 3.63) is 62.6 Å². The molecule has 0 aliphatic carbocycles. The number of para-hydroxylation sites is 1. The third-order valence-corrected chi connectivity index (χ3v) is 5.62. The SMILES string of the molecule is CCc1nn2c(=O)cc(CN(C)Cc3[nH]c4ccccc4c3C)nc2s1. The van der Waals surface area contributed by atoms with E-state index in [1.807, 2.05) is 20.0 Å². The average Bonchev–Trinajstić information content (AvgIpc) is 3.17. The number of aromatic amines is 1. The van der Waals surface area contributed by atoms with Crippen LogP contribution >= 0.6 is 11.3 Å². The number of benzene rings is 1. The van der Waals surface area contributed by atoms with Gasteiger partial charge in [-0.25, -0.2) is 4.98 Å². The highest BCUT2D eigenvalue weighted by Crippen LogP contribution is 2.22. The Morgan fingerprint density at radius 2 is 2.08 bits per heavy atom. The predicted octanol–water partition coefficient (Wildman–Crippen LogP) is 3.14. The van der Waals surface area contributed by atoms with E-state index in [4.69, 9.17) is 0 Å². The van der Waals surface area contributed by atoms with Gasteiger partial charge in [-0.05, 0) is 32.0 Å². The Labute approximate surface area is 155 Å². The van der Waals surface area contributed by atoms with Gasteiger partial charge in [0, 0.05) is 35.8 Å². The number of fused-ring (bicyclic) bond motifs is 2. The maximum absolute atomic E-state index is 12.3. The summed E-state index contributed by atoms with van der Waals surface area (Å²) in [5.41, 5.74) is 4.28. The summed E-state index contributed by atoms with van der Waals surface area (Å²) in [5, 5.41) is 6.48. The van der Waals surface area contributed by atoms with E-state index in [0.717, 1.165) is 29.2 Å². The van der Waals surface area contributed by atoms with Gasteiger partial charge in [0.25, 0.3) is 5.56 Å². The second-order valence-corrected chi connectivity index (χ2v) is 7.62. The van der Waals surface area contributed by atoms with Gasteiger partial charge in [0.05, 0.1) is 5.69 Å². The van der Waals surface area contributed by atoms with Crippen molar-refractivity contribution < 1.29 is 0 Å². The molecule has 1 N–H and O–H groups in total. The van der Waals surface area contributed by atoms with Crippen LogP contribution in [-0.4, -0.2) is 31.5 Å². The zero-order valence-electron chi connectivity index (χ0n) is 15.1. The Bertz CT molecular complexity index is 1140. The number of aryl methyl sites for hydroxylation is 2. The number of hydrogen-bond donors (Lipinski definition) is 1. The van der Waals surface area contributed by atoms with Crippen LogP contribution in [0.4, 0.5) is 0 Å². The van der Waals surface area contributed by atoms with Crippen LogP contribution in [0.2, 0.25) is 0 Å². The molecule has 3 heterocycles. The van der Waals surface area contributed by atoms with Crippen LogP contribution in [0.3, 0.4) is 0 Å². The van der Waals surface area contributed by atoms with E-state index < -0.39 is 0 Å². The molecule has 0 unspecified atom stereocenters. The minimum atomic E-state index is -0.115. The monoisotopic (exact) mass is 367 g/mol. The van der Waals surface area contributed by atoms with Gasteiger partial charge in [0.15, 0.2) is 0 Å². The maximum Gasteiger partial charge on any atom is 0.275 e. The van der Waals surface area contributed by atoms with E-state index in [9.17, 15) is 4.79 Å². The lowest BCUT2D eigenvalue weighted by Crippen LogP contribution is -2.22. The quantitative estimate of drug-likeness (QED) is 0.588. The Balaban J connectivity index is 1.57. The Morgan fingerprint density at radius 1 is 1.27 bits per heavy atom. The topological polar surface area (TPSA) is 66.3 Å². The third kappa shape index (κ3) is 3.04. The molecule has 0 aliphatic rings. The van der Waals surface area contributed by atoms with E-state index in [1.54, 1.807) is 6.07 Å². The van der Waals surface area contributed by atoms with Crippen molar-refractivity contribution in [2.24, 2.45) is 0 Å². The molecule has 3 aromatic heterocycles. The number of H-pyrrole nitrogens is 1. The highest BCUT2D eigenvalue weighted by atomic mass is 32.1. The highest BCUT2D eigenvalue weighted by molar-refractivity contribution is 7.16. The van der Waals surface area contributed by atoms with Crippen LogP contribution in [0.5, 0.6) is 0 Å². The van der Waals surface area contributed by atoms with Crippen molar-refractivity contribution in [1.82, 2.24) is 24.5 Å². The molecule has 0 saturated heterocycles. The van der Waals surface area contributed by atoms with Crippen molar-refractivity contribution in [1.29, 1.82) is 0 Å². The highest BCUT2D eigenvalue weighted by Gasteiger charge is 2.12. The van der Waals surface area contributed by atoms with Crippen LogP contribution in [0.15, 0.2) is 35.1 Å².